The molecule has 4 nitrogen and oxygen atoms in total. The molecule has 94 valence electrons. The molecule has 0 bridgehead atoms. The number of ether oxygens (including phenoxy) is 1. The molecule has 2 aliphatic heterocycles. The van der Waals surface area contributed by atoms with E-state index in [0.717, 1.165) is 24.1 Å². The Kier molecular flexibility index (Phi) is 1.83. The van der Waals surface area contributed by atoms with Crippen molar-refractivity contribution >= 4 is 11.6 Å². The van der Waals surface area contributed by atoms with Crippen molar-refractivity contribution in [1.82, 2.24) is 0 Å². The predicted molar refractivity (Wildman–Crippen MR) is 67.4 cm³/mol. The Morgan fingerprint density at radius 2 is 2.06 bits per heavy atom. The van der Waals surface area contributed by atoms with Gasteiger partial charge in [-0.3, -0.25) is 4.79 Å². The maximum absolute atomic E-state index is 11.4. The van der Waals surface area contributed by atoms with E-state index < -0.39 is 0 Å². The van der Waals surface area contributed by atoms with Crippen LogP contribution in [0.15, 0.2) is 18.2 Å². The minimum absolute atomic E-state index is 0.0202. The van der Waals surface area contributed by atoms with Crippen LogP contribution in [0.5, 0.6) is 0 Å². The van der Waals surface area contributed by atoms with Crippen LogP contribution in [-0.2, 0) is 21.4 Å². The van der Waals surface area contributed by atoms with Crippen molar-refractivity contribution in [3.8, 4) is 0 Å². The lowest BCUT2D eigenvalue weighted by molar-refractivity contribution is -0.115. The third-order valence-corrected chi connectivity index (χ3v) is 4.72. The highest BCUT2D eigenvalue weighted by molar-refractivity contribution is 5.99. The quantitative estimate of drug-likeness (QED) is 0.813. The molecular formula is C14H16N2O2. The van der Waals surface area contributed by atoms with Gasteiger partial charge in [-0.1, -0.05) is 12.1 Å². The average molecular weight is 244 g/mol. The zero-order valence-electron chi connectivity index (χ0n) is 10.2. The van der Waals surface area contributed by atoms with E-state index in [9.17, 15) is 4.79 Å². The monoisotopic (exact) mass is 244 g/mol. The van der Waals surface area contributed by atoms with Crippen molar-refractivity contribution in [2.75, 3.05) is 18.5 Å². The van der Waals surface area contributed by atoms with Crippen LogP contribution in [0.25, 0.3) is 0 Å². The average Bonchev–Trinajstić information content (AvgIpc) is 2.88. The highest BCUT2D eigenvalue weighted by Gasteiger charge is 2.61. The van der Waals surface area contributed by atoms with Gasteiger partial charge in [0.05, 0.1) is 25.0 Å². The van der Waals surface area contributed by atoms with Crippen LogP contribution < -0.4 is 11.1 Å². The maximum Gasteiger partial charge on any atom is 0.228 e. The molecule has 2 heterocycles. The first-order chi connectivity index (χ1) is 8.63. The van der Waals surface area contributed by atoms with Crippen molar-refractivity contribution in [1.29, 1.82) is 0 Å². The zero-order chi connectivity index (χ0) is 12.4. The molecule has 3 aliphatic rings. The molecule has 0 spiro atoms. The number of carbonyl (C=O) groups excluding carboxylic acids is 1. The zero-order valence-corrected chi connectivity index (χ0v) is 10.2. The van der Waals surface area contributed by atoms with Crippen LogP contribution in [0.3, 0.4) is 0 Å². The number of anilines is 1. The Labute approximate surface area is 105 Å². The topological polar surface area (TPSA) is 64.4 Å². The first-order valence-electron chi connectivity index (χ1n) is 6.43. The van der Waals surface area contributed by atoms with Gasteiger partial charge in [0, 0.05) is 11.2 Å². The molecular weight excluding hydrogens is 228 g/mol. The number of nitrogens with one attached hydrogen (secondary N) is 1. The summed E-state index contributed by atoms with van der Waals surface area (Å²) in [6.07, 6.45) is 2.63. The second-order valence-electron chi connectivity index (χ2n) is 5.83. The lowest BCUT2D eigenvalue weighted by atomic mass is 9.70. The SMILES string of the molecule is NC1(C2(c3ccc4c(c3)CC(=O)N4)COC2)CC1. The van der Waals surface area contributed by atoms with Crippen molar-refractivity contribution in [3.05, 3.63) is 29.3 Å². The summed E-state index contributed by atoms with van der Waals surface area (Å²) in [6, 6.07) is 6.24. The van der Waals surface area contributed by atoms with E-state index >= 15 is 0 Å². The number of hydrogen-bond acceptors (Lipinski definition) is 3. The molecule has 0 unspecified atom stereocenters. The van der Waals surface area contributed by atoms with E-state index in [0.29, 0.717) is 19.6 Å². The van der Waals surface area contributed by atoms with Gasteiger partial charge in [-0.05, 0) is 30.0 Å². The summed E-state index contributed by atoms with van der Waals surface area (Å²) < 4.78 is 5.44. The van der Waals surface area contributed by atoms with E-state index in [1.54, 1.807) is 0 Å². The fourth-order valence-electron chi connectivity index (χ4n) is 3.19. The van der Waals surface area contributed by atoms with Crippen molar-refractivity contribution in [2.45, 2.75) is 30.2 Å². The van der Waals surface area contributed by atoms with Gasteiger partial charge < -0.3 is 15.8 Å². The number of nitrogens with two attached hydrogens (primary N) is 1. The molecule has 1 aromatic carbocycles. The van der Waals surface area contributed by atoms with Gasteiger partial charge in [-0.15, -0.1) is 0 Å². The lowest BCUT2D eigenvalue weighted by Gasteiger charge is -2.47. The molecule has 0 radical (unpaired) electrons. The van der Waals surface area contributed by atoms with Gasteiger partial charge in [0.15, 0.2) is 0 Å². The van der Waals surface area contributed by atoms with E-state index in [-0.39, 0.29) is 16.9 Å². The minimum atomic E-state index is -0.0878. The first-order valence-corrected chi connectivity index (χ1v) is 6.43. The largest absolute Gasteiger partial charge is 0.379 e. The first kappa shape index (κ1) is 10.5. The molecule has 1 saturated heterocycles. The molecule has 0 aromatic heterocycles. The summed E-state index contributed by atoms with van der Waals surface area (Å²) >= 11 is 0. The van der Waals surface area contributed by atoms with Crippen LogP contribution >= 0.6 is 0 Å². The maximum atomic E-state index is 11.4. The summed E-state index contributed by atoms with van der Waals surface area (Å²) in [5.74, 6) is 0.0787. The molecule has 1 saturated carbocycles. The summed E-state index contributed by atoms with van der Waals surface area (Å²) in [5.41, 5.74) is 9.60. The summed E-state index contributed by atoms with van der Waals surface area (Å²) in [6.45, 7) is 1.42. The molecule has 1 aliphatic carbocycles. The predicted octanol–water partition coefficient (Wildman–Crippen LogP) is 0.940. The fraction of sp³-hybridized carbons (Fsp3) is 0.500. The molecule has 18 heavy (non-hydrogen) atoms. The van der Waals surface area contributed by atoms with Gasteiger partial charge >= 0.3 is 0 Å². The third-order valence-electron chi connectivity index (χ3n) is 4.72. The van der Waals surface area contributed by atoms with Crippen LogP contribution in [-0.4, -0.2) is 24.7 Å². The smallest absolute Gasteiger partial charge is 0.228 e. The van der Waals surface area contributed by atoms with Crippen LogP contribution in [0.2, 0.25) is 0 Å². The fourth-order valence-corrected chi connectivity index (χ4v) is 3.19. The number of carbonyl (C=O) groups is 1. The molecule has 3 N–H and O–H groups in total. The molecule has 2 fully saturated rings. The molecule has 1 aromatic rings. The Morgan fingerprint density at radius 1 is 1.28 bits per heavy atom. The highest BCUT2D eigenvalue weighted by Crippen LogP contribution is 2.53. The summed E-state index contributed by atoms with van der Waals surface area (Å²) in [7, 11) is 0. The van der Waals surface area contributed by atoms with E-state index in [1.807, 2.05) is 6.07 Å². The second-order valence-corrected chi connectivity index (χ2v) is 5.83. The Balaban J connectivity index is 1.77. The van der Waals surface area contributed by atoms with Crippen LogP contribution in [0, 0.1) is 0 Å². The van der Waals surface area contributed by atoms with Gasteiger partial charge in [0.1, 0.15) is 0 Å². The van der Waals surface area contributed by atoms with E-state index in [1.165, 1.54) is 5.56 Å². The highest BCUT2D eigenvalue weighted by atomic mass is 16.5. The Hall–Kier alpha value is -1.39. The van der Waals surface area contributed by atoms with Crippen LogP contribution in [0.1, 0.15) is 24.0 Å². The van der Waals surface area contributed by atoms with E-state index in [2.05, 4.69) is 17.4 Å². The number of benzene rings is 1. The van der Waals surface area contributed by atoms with Gasteiger partial charge in [0.2, 0.25) is 5.91 Å². The van der Waals surface area contributed by atoms with Gasteiger partial charge in [-0.25, -0.2) is 0 Å². The van der Waals surface area contributed by atoms with Crippen molar-refractivity contribution < 1.29 is 9.53 Å². The molecule has 4 rings (SSSR count). The second kappa shape index (κ2) is 3.13. The lowest BCUT2D eigenvalue weighted by Crippen LogP contribution is -2.60. The van der Waals surface area contributed by atoms with Crippen molar-refractivity contribution in [3.63, 3.8) is 0 Å². The number of amides is 1. The van der Waals surface area contributed by atoms with E-state index in [4.69, 9.17) is 10.5 Å². The normalized spacial score (nSPS) is 26.2. The van der Waals surface area contributed by atoms with Gasteiger partial charge in [0.25, 0.3) is 0 Å². The molecule has 0 atom stereocenters. The number of rotatable bonds is 2. The molecule has 1 amide bonds. The minimum Gasteiger partial charge on any atom is -0.379 e. The Bertz CT molecular complexity index is 545. The van der Waals surface area contributed by atoms with Crippen LogP contribution in [0.4, 0.5) is 5.69 Å². The van der Waals surface area contributed by atoms with Crippen molar-refractivity contribution in [2.24, 2.45) is 5.73 Å². The standard InChI is InChI=1S/C14H16N2O2/c15-14(3-4-14)13(7-18-8-13)10-1-2-11-9(5-10)6-12(17)16-11/h1-2,5H,3-4,6-8,15H2,(H,16,17). The van der Waals surface area contributed by atoms with Gasteiger partial charge in [-0.2, -0.15) is 0 Å². The Morgan fingerprint density at radius 3 is 2.67 bits per heavy atom. The number of fused-ring (bicyclic) bond motifs is 1. The molecule has 4 heteroatoms. The summed E-state index contributed by atoms with van der Waals surface area (Å²) in [5, 5.41) is 2.86. The third kappa shape index (κ3) is 1.19. The number of hydrogen-bond donors (Lipinski definition) is 2. The summed E-state index contributed by atoms with van der Waals surface area (Å²) in [4.78, 5) is 11.4.